The Balaban J connectivity index is 1.62. The van der Waals surface area contributed by atoms with Crippen LogP contribution in [0.2, 0.25) is 10.0 Å². The highest BCUT2D eigenvalue weighted by atomic mass is 35.5. The van der Waals surface area contributed by atoms with Crippen molar-refractivity contribution in [3.05, 3.63) is 58.1 Å². The van der Waals surface area contributed by atoms with Crippen molar-refractivity contribution in [1.29, 1.82) is 0 Å². The lowest BCUT2D eigenvalue weighted by Gasteiger charge is -2.15. The minimum atomic E-state index is -3.98. The van der Waals surface area contributed by atoms with Crippen molar-refractivity contribution in [2.24, 2.45) is 0 Å². The lowest BCUT2D eigenvalue weighted by Crippen LogP contribution is -2.36. The second-order valence-electron chi connectivity index (χ2n) is 6.44. The molecule has 32 heavy (non-hydrogen) atoms. The second-order valence-corrected chi connectivity index (χ2v) is 10.1. The molecule has 0 bridgehead atoms. The van der Waals surface area contributed by atoms with Crippen LogP contribution in [0.1, 0.15) is 17.3 Å². The van der Waals surface area contributed by atoms with Gasteiger partial charge in [-0.1, -0.05) is 46.7 Å². The second kappa shape index (κ2) is 10.5. The predicted octanol–water partition coefficient (Wildman–Crippen LogP) is 3.85. The molecule has 2 aromatic carbocycles. The molecule has 170 valence electrons. The van der Waals surface area contributed by atoms with Gasteiger partial charge in [0.15, 0.2) is 11.5 Å². The lowest BCUT2D eigenvalue weighted by atomic mass is 10.2. The van der Waals surface area contributed by atoms with E-state index in [2.05, 4.69) is 20.2 Å². The number of anilines is 1. The van der Waals surface area contributed by atoms with E-state index in [1.54, 1.807) is 31.2 Å². The highest BCUT2D eigenvalue weighted by Crippen LogP contribution is 2.26. The van der Waals surface area contributed by atoms with Crippen LogP contribution in [-0.4, -0.2) is 44.3 Å². The molecule has 1 atom stereocenters. The maximum atomic E-state index is 12.6. The van der Waals surface area contributed by atoms with Gasteiger partial charge in [-0.3, -0.25) is 10.1 Å². The van der Waals surface area contributed by atoms with Gasteiger partial charge in [-0.2, -0.15) is 0 Å². The van der Waals surface area contributed by atoms with Crippen LogP contribution in [-0.2, 0) is 10.0 Å². The first-order valence-corrected chi connectivity index (χ1v) is 12.1. The number of hydrogen-bond acceptors (Lipinski definition) is 8. The van der Waals surface area contributed by atoms with E-state index < -0.39 is 22.0 Å². The summed E-state index contributed by atoms with van der Waals surface area (Å²) in [6, 6.07) is 10.8. The smallest absolute Gasteiger partial charge is 0.270 e. The van der Waals surface area contributed by atoms with Crippen LogP contribution < -0.4 is 19.5 Å². The third kappa shape index (κ3) is 6.08. The van der Waals surface area contributed by atoms with Gasteiger partial charge in [0.1, 0.15) is 6.61 Å². The topological polar surface area (TPSA) is 120 Å². The molecule has 0 aliphatic heterocycles. The van der Waals surface area contributed by atoms with E-state index >= 15 is 0 Å². The molecule has 1 aromatic heterocycles. The molecular weight excluding hydrogens is 499 g/mol. The Labute approximate surface area is 198 Å². The molecule has 3 rings (SSSR count). The molecule has 0 aliphatic carbocycles. The molecule has 0 saturated carbocycles. The molecule has 3 aromatic rings. The lowest BCUT2D eigenvalue weighted by molar-refractivity contribution is 0.102. The number of amides is 1. The molecule has 0 saturated heterocycles. The minimum Gasteiger partial charge on any atom is -0.493 e. The summed E-state index contributed by atoms with van der Waals surface area (Å²) in [4.78, 5) is 12.4. The Morgan fingerprint density at radius 1 is 1.16 bits per heavy atom. The van der Waals surface area contributed by atoms with Gasteiger partial charge in [-0.05, 0) is 37.3 Å². The van der Waals surface area contributed by atoms with E-state index in [1.165, 1.54) is 25.3 Å². The monoisotopic (exact) mass is 516 g/mol. The third-order valence-corrected chi connectivity index (χ3v) is 7.29. The number of rotatable bonds is 9. The van der Waals surface area contributed by atoms with E-state index in [0.29, 0.717) is 27.9 Å². The molecule has 0 fully saturated rings. The summed E-state index contributed by atoms with van der Waals surface area (Å²) >= 11 is 12.5. The first-order chi connectivity index (χ1) is 15.2. The van der Waals surface area contributed by atoms with Crippen molar-refractivity contribution in [2.75, 3.05) is 19.0 Å². The van der Waals surface area contributed by atoms with Crippen molar-refractivity contribution >= 4 is 55.6 Å². The number of benzene rings is 2. The fourth-order valence-corrected chi connectivity index (χ4v) is 5.14. The van der Waals surface area contributed by atoms with Crippen molar-refractivity contribution in [2.45, 2.75) is 17.3 Å². The fourth-order valence-electron chi connectivity index (χ4n) is 2.51. The summed E-state index contributed by atoms with van der Waals surface area (Å²) in [5.41, 5.74) is 0.163. The normalized spacial score (nSPS) is 12.2. The summed E-state index contributed by atoms with van der Waals surface area (Å²) < 4.78 is 38.2. The number of aromatic nitrogens is 2. The zero-order chi connectivity index (χ0) is 23.3. The van der Waals surface area contributed by atoms with Gasteiger partial charge in [0.25, 0.3) is 15.9 Å². The van der Waals surface area contributed by atoms with E-state index in [1.807, 2.05) is 0 Å². The van der Waals surface area contributed by atoms with Crippen LogP contribution in [0.15, 0.2) is 46.8 Å². The first kappa shape index (κ1) is 24.2. The highest BCUT2D eigenvalue weighted by molar-refractivity contribution is 7.91. The number of nitrogens with zero attached hydrogens (tertiary/aromatic N) is 2. The summed E-state index contributed by atoms with van der Waals surface area (Å²) in [6.45, 7) is 1.69. The Morgan fingerprint density at radius 3 is 2.56 bits per heavy atom. The molecule has 0 radical (unpaired) electrons. The van der Waals surface area contributed by atoms with Crippen LogP contribution in [0.3, 0.4) is 0 Å². The molecule has 0 aliphatic rings. The Hall–Kier alpha value is -2.44. The number of ether oxygens (including phenoxy) is 2. The van der Waals surface area contributed by atoms with Crippen molar-refractivity contribution < 1.29 is 22.7 Å². The number of sulfonamides is 1. The maximum absolute atomic E-state index is 12.6. The number of hydrogen-bond donors (Lipinski definition) is 2. The average Bonchev–Trinajstić information content (AvgIpc) is 3.21. The van der Waals surface area contributed by atoms with Crippen LogP contribution in [0, 0.1) is 0 Å². The van der Waals surface area contributed by atoms with Crippen LogP contribution in [0.25, 0.3) is 0 Å². The van der Waals surface area contributed by atoms with Crippen molar-refractivity contribution in [1.82, 2.24) is 14.9 Å². The standard InChI is InChI=1S/C19H18Cl2N4O5S2/c1-11(10-30-16-6-4-3-5-15(16)29-2)25-32(27,28)19-24-23-18(31-19)22-17(26)13-8-7-12(20)9-14(13)21/h3-9,11,25H,10H2,1-2H3,(H,22,23,26)/t11-/m1/s1. The molecule has 13 heteroatoms. The zero-order valence-corrected chi connectivity index (χ0v) is 20.0. The Kier molecular flexibility index (Phi) is 7.91. The van der Waals surface area contributed by atoms with Gasteiger partial charge in [0, 0.05) is 5.02 Å². The van der Waals surface area contributed by atoms with Gasteiger partial charge < -0.3 is 9.47 Å². The number of nitrogens with one attached hydrogen (secondary N) is 2. The largest absolute Gasteiger partial charge is 0.493 e. The summed E-state index contributed by atoms with van der Waals surface area (Å²) in [5.74, 6) is 0.453. The number of carbonyl (C=O) groups excluding carboxylic acids is 1. The van der Waals surface area contributed by atoms with Crippen molar-refractivity contribution in [3.8, 4) is 11.5 Å². The summed E-state index contributed by atoms with van der Waals surface area (Å²) in [6.07, 6.45) is 0. The molecular formula is C19H18Cl2N4O5S2. The molecule has 9 nitrogen and oxygen atoms in total. The van der Waals surface area contributed by atoms with E-state index in [9.17, 15) is 13.2 Å². The van der Waals surface area contributed by atoms with Gasteiger partial charge in [0.05, 0.1) is 23.7 Å². The molecule has 0 spiro atoms. The number of halogens is 2. The third-order valence-electron chi connectivity index (χ3n) is 3.95. The van der Waals surface area contributed by atoms with Crippen molar-refractivity contribution in [3.63, 3.8) is 0 Å². The Morgan fingerprint density at radius 2 is 1.88 bits per heavy atom. The fraction of sp³-hybridized carbons (Fsp3) is 0.211. The summed E-state index contributed by atoms with van der Waals surface area (Å²) in [5, 5.41) is 10.4. The SMILES string of the molecule is COc1ccccc1OC[C@@H](C)NS(=O)(=O)c1nnc(NC(=O)c2ccc(Cl)cc2Cl)s1. The zero-order valence-electron chi connectivity index (χ0n) is 16.8. The van der Waals surface area contributed by atoms with Gasteiger partial charge >= 0.3 is 0 Å². The van der Waals surface area contributed by atoms with Gasteiger partial charge in [-0.15, -0.1) is 10.2 Å². The predicted molar refractivity (Wildman–Crippen MR) is 123 cm³/mol. The van der Waals surface area contributed by atoms with E-state index in [-0.39, 0.29) is 26.7 Å². The average molecular weight is 517 g/mol. The van der Waals surface area contributed by atoms with Gasteiger partial charge in [0.2, 0.25) is 9.47 Å². The van der Waals surface area contributed by atoms with E-state index in [0.717, 1.165) is 0 Å². The number of carbonyl (C=O) groups is 1. The molecule has 1 heterocycles. The van der Waals surface area contributed by atoms with E-state index in [4.69, 9.17) is 32.7 Å². The Bertz CT molecular complexity index is 1220. The highest BCUT2D eigenvalue weighted by Gasteiger charge is 2.24. The molecule has 2 N–H and O–H groups in total. The van der Waals surface area contributed by atoms with Crippen LogP contribution in [0.5, 0.6) is 11.5 Å². The van der Waals surface area contributed by atoms with Crippen LogP contribution >= 0.6 is 34.5 Å². The minimum absolute atomic E-state index is 0.000633. The first-order valence-electron chi connectivity index (χ1n) is 9.07. The maximum Gasteiger partial charge on any atom is 0.270 e. The quantitative estimate of drug-likeness (QED) is 0.414. The molecule has 1 amide bonds. The number of para-hydroxylation sites is 2. The summed E-state index contributed by atoms with van der Waals surface area (Å²) in [7, 11) is -2.47. The van der Waals surface area contributed by atoms with Crippen LogP contribution in [0.4, 0.5) is 5.13 Å². The molecule has 0 unspecified atom stereocenters. The number of methoxy groups -OCH3 is 1. The van der Waals surface area contributed by atoms with Gasteiger partial charge in [-0.25, -0.2) is 13.1 Å².